The fourth-order valence-corrected chi connectivity index (χ4v) is 3.92. The van der Waals surface area contributed by atoms with Crippen molar-refractivity contribution >= 4 is 17.7 Å². The largest absolute Gasteiger partial charge is 0.496 e. The lowest BCUT2D eigenvalue weighted by atomic mass is 9.86. The molecule has 1 amide bonds. The van der Waals surface area contributed by atoms with Crippen LogP contribution in [0.5, 0.6) is 5.75 Å². The number of benzene rings is 2. The summed E-state index contributed by atoms with van der Waals surface area (Å²) in [4.78, 5) is 10.6. The fraction of sp³-hybridized carbons (Fsp3) is 0.409. The summed E-state index contributed by atoms with van der Waals surface area (Å²) in [6.45, 7) is 1.30. The van der Waals surface area contributed by atoms with Crippen molar-refractivity contribution in [3.63, 3.8) is 0 Å². The van der Waals surface area contributed by atoms with Gasteiger partial charge < -0.3 is 20.5 Å². The summed E-state index contributed by atoms with van der Waals surface area (Å²) in [6, 6.07) is 14.5. The van der Waals surface area contributed by atoms with E-state index in [1.165, 1.54) is 0 Å². The highest BCUT2D eigenvalue weighted by Gasteiger charge is 2.21. The van der Waals surface area contributed by atoms with Crippen LogP contribution in [0.15, 0.2) is 42.5 Å². The molecular formula is C22H27ClN2O3. The maximum absolute atomic E-state index is 10.6. The van der Waals surface area contributed by atoms with Crippen LogP contribution >= 0.6 is 11.6 Å². The van der Waals surface area contributed by atoms with Crippen LogP contribution in [0.2, 0.25) is 5.02 Å². The van der Waals surface area contributed by atoms with E-state index in [1.807, 2.05) is 30.3 Å². The zero-order valence-electron chi connectivity index (χ0n) is 16.1. The number of nitrogens with one attached hydrogen (secondary N) is 2. The Morgan fingerprint density at radius 2 is 1.79 bits per heavy atom. The summed E-state index contributed by atoms with van der Waals surface area (Å²) in [6.07, 6.45) is 3.27. The second kappa shape index (κ2) is 9.80. The summed E-state index contributed by atoms with van der Waals surface area (Å²) in [7, 11) is 1.70. The summed E-state index contributed by atoms with van der Waals surface area (Å²) in [5.41, 5.74) is 3.39. The Morgan fingerprint density at radius 3 is 2.43 bits per heavy atom. The SMILES string of the molecule is COc1ccc(-c2ccc(Cl)cc2)cc1CNC1CCC(CNC(=O)O)CC1. The van der Waals surface area contributed by atoms with Gasteiger partial charge in [-0.2, -0.15) is 0 Å². The number of hydrogen-bond donors (Lipinski definition) is 3. The molecule has 2 aromatic rings. The molecule has 0 saturated heterocycles. The number of methoxy groups -OCH3 is 1. The van der Waals surface area contributed by atoms with Gasteiger partial charge in [0.15, 0.2) is 0 Å². The molecule has 28 heavy (non-hydrogen) atoms. The maximum atomic E-state index is 10.6. The van der Waals surface area contributed by atoms with Crippen molar-refractivity contribution in [3.05, 3.63) is 53.1 Å². The monoisotopic (exact) mass is 402 g/mol. The zero-order valence-corrected chi connectivity index (χ0v) is 16.8. The Kier molecular flexibility index (Phi) is 7.18. The third-order valence-corrected chi connectivity index (χ3v) is 5.68. The Morgan fingerprint density at radius 1 is 1.11 bits per heavy atom. The van der Waals surface area contributed by atoms with E-state index in [1.54, 1.807) is 7.11 Å². The molecule has 0 bridgehead atoms. The van der Waals surface area contributed by atoms with E-state index in [9.17, 15) is 4.79 Å². The van der Waals surface area contributed by atoms with Gasteiger partial charge in [0.05, 0.1) is 7.11 Å². The van der Waals surface area contributed by atoms with E-state index in [-0.39, 0.29) is 0 Å². The van der Waals surface area contributed by atoms with E-state index >= 15 is 0 Å². The van der Waals surface area contributed by atoms with E-state index < -0.39 is 6.09 Å². The number of carbonyl (C=O) groups is 1. The smallest absolute Gasteiger partial charge is 0.404 e. The van der Waals surface area contributed by atoms with Crippen LogP contribution in [0, 0.1) is 5.92 Å². The normalized spacial score (nSPS) is 19.2. The number of hydrogen-bond acceptors (Lipinski definition) is 3. The zero-order chi connectivity index (χ0) is 19.9. The Hall–Kier alpha value is -2.24. The summed E-state index contributed by atoms with van der Waals surface area (Å²) >= 11 is 6.00. The molecule has 0 atom stereocenters. The molecule has 0 spiro atoms. The molecule has 0 heterocycles. The third kappa shape index (κ3) is 5.63. The minimum absolute atomic E-state index is 0.442. The minimum atomic E-state index is -0.937. The Balaban J connectivity index is 1.58. The van der Waals surface area contributed by atoms with Gasteiger partial charge in [-0.15, -0.1) is 0 Å². The van der Waals surface area contributed by atoms with Crippen LogP contribution in [0.1, 0.15) is 31.2 Å². The molecule has 0 radical (unpaired) electrons. The van der Waals surface area contributed by atoms with Crippen LogP contribution in [0.3, 0.4) is 0 Å². The first kappa shape index (κ1) is 20.5. The molecule has 150 valence electrons. The molecular weight excluding hydrogens is 376 g/mol. The quantitative estimate of drug-likeness (QED) is 0.614. The van der Waals surface area contributed by atoms with Crippen LogP contribution in [0.25, 0.3) is 11.1 Å². The predicted molar refractivity (Wildman–Crippen MR) is 112 cm³/mol. The van der Waals surface area contributed by atoms with Gasteiger partial charge >= 0.3 is 6.09 Å². The standard InChI is InChI=1S/C22H27ClN2O3/c1-28-21-11-6-17(16-4-7-19(23)8-5-16)12-18(21)14-24-20-9-2-15(3-10-20)13-25-22(26)27/h4-8,11-12,15,20,24-25H,2-3,9-10,13-14H2,1H3,(H,26,27). The third-order valence-electron chi connectivity index (χ3n) is 5.43. The van der Waals surface area contributed by atoms with E-state index in [4.69, 9.17) is 21.4 Å². The van der Waals surface area contributed by atoms with Gasteiger partial charge in [-0.05, 0) is 67.0 Å². The summed E-state index contributed by atoms with van der Waals surface area (Å²) < 4.78 is 5.54. The summed E-state index contributed by atoms with van der Waals surface area (Å²) in [5.74, 6) is 1.32. The lowest BCUT2D eigenvalue weighted by molar-refractivity contribution is 0.189. The van der Waals surface area contributed by atoms with Gasteiger partial charge in [0.1, 0.15) is 5.75 Å². The predicted octanol–water partition coefficient (Wildman–Crippen LogP) is 4.93. The highest BCUT2D eigenvalue weighted by molar-refractivity contribution is 6.30. The second-order valence-electron chi connectivity index (χ2n) is 7.32. The average Bonchev–Trinajstić information content (AvgIpc) is 2.72. The number of carboxylic acid groups (broad SMARTS) is 1. The first-order chi connectivity index (χ1) is 13.5. The van der Waals surface area contributed by atoms with Crippen molar-refractivity contribution in [1.82, 2.24) is 10.6 Å². The molecule has 0 unspecified atom stereocenters. The van der Waals surface area contributed by atoms with Crippen LogP contribution < -0.4 is 15.4 Å². The Bertz CT molecular complexity index is 787. The van der Waals surface area contributed by atoms with Gasteiger partial charge in [0.2, 0.25) is 0 Å². The number of amides is 1. The molecule has 3 N–H and O–H groups in total. The lowest BCUT2D eigenvalue weighted by Gasteiger charge is -2.29. The number of rotatable bonds is 7. The molecule has 2 aromatic carbocycles. The van der Waals surface area contributed by atoms with Crippen LogP contribution in [-0.2, 0) is 6.54 Å². The van der Waals surface area contributed by atoms with Crippen LogP contribution in [-0.4, -0.2) is 30.9 Å². The number of ether oxygens (including phenoxy) is 1. The van der Waals surface area contributed by atoms with Crippen molar-refractivity contribution in [1.29, 1.82) is 0 Å². The van der Waals surface area contributed by atoms with Crippen molar-refractivity contribution in [2.45, 2.75) is 38.3 Å². The highest BCUT2D eigenvalue weighted by Crippen LogP contribution is 2.29. The summed E-state index contributed by atoms with van der Waals surface area (Å²) in [5, 5.41) is 15.6. The first-order valence-electron chi connectivity index (χ1n) is 9.68. The molecule has 6 heteroatoms. The van der Waals surface area contributed by atoms with E-state index in [0.717, 1.165) is 59.7 Å². The molecule has 0 aromatic heterocycles. The average molecular weight is 403 g/mol. The molecule has 1 aliphatic rings. The molecule has 5 nitrogen and oxygen atoms in total. The Labute approximate surface area is 171 Å². The van der Waals surface area contributed by atoms with Gasteiger partial charge in [0, 0.05) is 29.7 Å². The molecule has 3 rings (SSSR count). The molecule has 1 aliphatic carbocycles. The topological polar surface area (TPSA) is 70.6 Å². The van der Waals surface area contributed by atoms with Crippen molar-refractivity contribution in [2.24, 2.45) is 5.92 Å². The van der Waals surface area contributed by atoms with Gasteiger partial charge in [0.25, 0.3) is 0 Å². The van der Waals surface area contributed by atoms with Crippen molar-refractivity contribution in [2.75, 3.05) is 13.7 Å². The van der Waals surface area contributed by atoms with Crippen LogP contribution in [0.4, 0.5) is 4.79 Å². The maximum Gasteiger partial charge on any atom is 0.404 e. The fourth-order valence-electron chi connectivity index (χ4n) is 3.80. The molecule has 0 aliphatic heterocycles. The number of halogens is 1. The van der Waals surface area contributed by atoms with Crippen molar-refractivity contribution in [3.8, 4) is 16.9 Å². The lowest BCUT2D eigenvalue weighted by Crippen LogP contribution is -2.36. The van der Waals surface area contributed by atoms with Crippen molar-refractivity contribution < 1.29 is 14.6 Å². The van der Waals surface area contributed by atoms with Gasteiger partial charge in [-0.1, -0.05) is 29.8 Å². The van der Waals surface area contributed by atoms with Gasteiger partial charge in [-0.25, -0.2) is 4.79 Å². The highest BCUT2D eigenvalue weighted by atomic mass is 35.5. The molecule has 1 fully saturated rings. The first-order valence-corrected chi connectivity index (χ1v) is 10.1. The molecule has 1 saturated carbocycles. The second-order valence-corrected chi connectivity index (χ2v) is 7.75. The van der Waals surface area contributed by atoms with E-state index in [0.29, 0.717) is 18.5 Å². The van der Waals surface area contributed by atoms with Gasteiger partial charge in [-0.3, -0.25) is 0 Å². The van der Waals surface area contributed by atoms with E-state index in [2.05, 4.69) is 22.8 Å². The minimum Gasteiger partial charge on any atom is -0.496 e.